The van der Waals surface area contributed by atoms with Gasteiger partial charge in [0, 0.05) is 35.7 Å². The van der Waals surface area contributed by atoms with Crippen molar-refractivity contribution in [2.24, 2.45) is 0 Å². The van der Waals surface area contributed by atoms with E-state index in [-0.39, 0.29) is 11.7 Å². The molecule has 1 heterocycles. The second-order valence-corrected chi connectivity index (χ2v) is 11.1. The summed E-state index contributed by atoms with van der Waals surface area (Å²) in [6.45, 7) is 2.82. The van der Waals surface area contributed by atoms with Gasteiger partial charge in [-0.3, -0.25) is 4.72 Å². The number of hydrogen-bond donors (Lipinski definition) is 4. The second-order valence-electron chi connectivity index (χ2n) is 9.33. The average molecular weight is 522 g/mol. The smallest absolute Gasteiger partial charge is 0.352 e. The number of hydrogen-bond acceptors (Lipinski definition) is 5. The van der Waals surface area contributed by atoms with Crippen LogP contribution in [0.5, 0.6) is 0 Å². The van der Waals surface area contributed by atoms with Gasteiger partial charge < -0.3 is 20.1 Å². The number of carbonyl (C=O) groups is 1. The molecule has 0 fully saturated rings. The summed E-state index contributed by atoms with van der Waals surface area (Å²) in [4.78, 5) is 12.0. The third-order valence-electron chi connectivity index (χ3n) is 6.17. The normalized spacial score (nSPS) is 13.4. The Bertz CT molecular complexity index is 1480. The van der Waals surface area contributed by atoms with E-state index in [1.807, 2.05) is 48.5 Å². The van der Waals surface area contributed by atoms with Gasteiger partial charge in [0.15, 0.2) is 0 Å². The third-order valence-corrected chi connectivity index (χ3v) is 6.78. The zero-order valence-electron chi connectivity index (χ0n) is 20.8. The molecule has 0 bridgehead atoms. The van der Waals surface area contributed by atoms with E-state index in [9.17, 15) is 23.4 Å². The van der Waals surface area contributed by atoms with Gasteiger partial charge in [-0.2, -0.15) is 0 Å². The summed E-state index contributed by atoms with van der Waals surface area (Å²) < 4.78 is 27.0. The number of nitrogens with zero attached hydrogens (tertiary/aromatic N) is 1. The Morgan fingerprint density at radius 2 is 1.65 bits per heavy atom. The fraction of sp³-hybridized carbons (Fsp3) is 0.250. The number of carboxylic acids is 1. The van der Waals surface area contributed by atoms with Crippen molar-refractivity contribution in [3.8, 4) is 0 Å². The Hall–Kier alpha value is -3.66. The van der Waals surface area contributed by atoms with Crippen LogP contribution >= 0.6 is 0 Å². The highest BCUT2D eigenvalue weighted by molar-refractivity contribution is 7.92. The summed E-state index contributed by atoms with van der Waals surface area (Å²) >= 11 is 0. The van der Waals surface area contributed by atoms with Crippen molar-refractivity contribution in [1.82, 2.24) is 9.88 Å². The quantitative estimate of drug-likeness (QED) is 0.237. The van der Waals surface area contributed by atoms with E-state index < -0.39 is 22.1 Å². The van der Waals surface area contributed by atoms with Crippen molar-refractivity contribution in [1.29, 1.82) is 0 Å². The van der Waals surface area contributed by atoms with Gasteiger partial charge >= 0.3 is 5.97 Å². The van der Waals surface area contributed by atoms with Crippen molar-refractivity contribution >= 4 is 32.6 Å². The molecule has 0 aliphatic rings. The van der Waals surface area contributed by atoms with Crippen molar-refractivity contribution < 1.29 is 23.4 Å². The molecule has 9 heteroatoms. The van der Waals surface area contributed by atoms with Crippen LogP contribution in [0.25, 0.3) is 10.9 Å². The zero-order valence-corrected chi connectivity index (χ0v) is 21.6. The van der Waals surface area contributed by atoms with Crippen LogP contribution in [0.3, 0.4) is 0 Å². The Kier molecular flexibility index (Phi) is 7.97. The van der Waals surface area contributed by atoms with E-state index >= 15 is 0 Å². The molecule has 0 radical (unpaired) electrons. The van der Waals surface area contributed by atoms with E-state index in [4.69, 9.17) is 0 Å². The summed E-state index contributed by atoms with van der Waals surface area (Å²) in [5, 5.41) is 24.4. The molecule has 2 atom stereocenters. The predicted octanol–water partition coefficient (Wildman–Crippen LogP) is 4.01. The minimum absolute atomic E-state index is 0.107. The first-order chi connectivity index (χ1) is 17.6. The molecule has 8 nitrogen and oxygen atoms in total. The molecule has 0 aliphatic carbocycles. The lowest BCUT2D eigenvalue weighted by molar-refractivity contribution is 0.0686. The van der Waals surface area contributed by atoms with Crippen LogP contribution < -0.4 is 10.0 Å². The number of fused-ring (bicyclic) bond motifs is 1. The van der Waals surface area contributed by atoms with Gasteiger partial charge in [0.05, 0.1) is 12.4 Å². The van der Waals surface area contributed by atoms with Gasteiger partial charge in [-0.15, -0.1) is 0 Å². The monoisotopic (exact) mass is 521 g/mol. The lowest BCUT2D eigenvalue weighted by Gasteiger charge is -2.18. The molecule has 2 unspecified atom stereocenters. The number of benzene rings is 3. The minimum Gasteiger partial charge on any atom is -0.477 e. The minimum atomic E-state index is -3.37. The summed E-state index contributed by atoms with van der Waals surface area (Å²) in [7, 11) is -3.37. The number of nitrogens with one attached hydrogen (secondary N) is 2. The molecule has 3 aromatic carbocycles. The van der Waals surface area contributed by atoms with Gasteiger partial charge in [0.2, 0.25) is 10.0 Å². The van der Waals surface area contributed by atoms with E-state index in [0.717, 1.165) is 40.3 Å². The first-order valence-electron chi connectivity index (χ1n) is 12.0. The molecule has 0 saturated heterocycles. The Labute approximate surface area is 216 Å². The summed E-state index contributed by atoms with van der Waals surface area (Å²) in [5.41, 5.74) is 4.21. The zero-order chi connectivity index (χ0) is 26.6. The highest BCUT2D eigenvalue weighted by Gasteiger charge is 2.16. The highest BCUT2D eigenvalue weighted by Crippen LogP contribution is 2.24. The lowest BCUT2D eigenvalue weighted by Crippen LogP contribution is -2.32. The van der Waals surface area contributed by atoms with E-state index in [2.05, 4.69) is 17.0 Å². The van der Waals surface area contributed by atoms with Crippen molar-refractivity contribution in [3.05, 3.63) is 101 Å². The fourth-order valence-corrected chi connectivity index (χ4v) is 4.97. The molecule has 4 aromatic rings. The number of anilines is 1. The van der Waals surface area contributed by atoms with Crippen LogP contribution in [-0.2, 0) is 23.0 Å². The number of aliphatic hydroxyl groups excluding tert-OH is 1. The Morgan fingerprint density at radius 1 is 0.973 bits per heavy atom. The first kappa shape index (κ1) is 26.4. The van der Waals surface area contributed by atoms with Crippen LogP contribution in [0.1, 0.15) is 40.2 Å². The van der Waals surface area contributed by atoms with Crippen molar-refractivity contribution in [2.75, 3.05) is 17.5 Å². The largest absolute Gasteiger partial charge is 0.477 e. The number of aliphatic hydroxyl groups is 1. The molecule has 37 heavy (non-hydrogen) atoms. The van der Waals surface area contributed by atoms with Crippen LogP contribution in [0.4, 0.5) is 5.69 Å². The number of sulfonamides is 1. The maximum Gasteiger partial charge on any atom is 0.352 e. The fourth-order valence-electron chi connectivity index (χ4n) is 4.40. The molecule has 194 valence electrons. The first-order valence-corrected chi connectivity index (χ1v) is 13.9. The van der Waals surface area contributed by atoms with Gasteiger partial charge in [-0.05, 0) is 60.4 Å². The Balaban J connectivity index is 1.47. The van der Waals surface area contributed by atoms with Gasteiger partial charge in [0.25, 0.3) is 0 Å². The molecule has 0 aliphatic heterocycles. The third kappa shape index (κ3) is 6.97. The van der Waals surface area contributed by atoms with Crippen molar-refractivity contribution in [3.63, 3.8) is 0 Å². The Morgan fingerprint density at radius 3 is 2.30 bits per heavy atom. The summed E-state index contributed by atoms with van der Waals surface area (Å²) in [6.07, 6.45) is 1.22. The molecule has 4 rings (SSSR count). The predicted molar refractivity (Wildman–Crippen MR) is 145 cm³/mol. The summed E-state index contributed by atoms with van der Waals surface area (Å²) in [6, 6.07) is 24.1. The van der Waals surface area contributed by atoms with Crippen LogP contribution in [0.15, 0.2) is 78.9 Å². The highest BCUT2D eigenvalue weighted by atomic mass is 32.2. The van der Waals surface area contributed by atoms with E-state index in [1.165, 1.54) is 0 Å². The van der Waals surface area contributed by atoms with Crippen molar-refractivity contribution in [2.45, 2.75) is 32.0 Å². The molecule has 1 aromatic heterocycles. The van der Waals surface area contributed by atoms with Crippen LogP contribution in [-0.4, -0.2) is 48.0 Å². The van der Waals surface area contributed by atoms with Gasteiger partial charge in [-0.25, -0.2) is 13.2 Å². The molecule has 4 N–H and O–H groups in total. The van der Waals surface area contributed by atoms with Crippen LogP contribution in [0, 0.1) is 0 Å². The van der Waals surface area contributed by atoms with Gasteiger partial charge in [0.1, 0.15) is 5.69 Å². The second kappa shape index (κ2) is 11.2. The number of rotatable bonds is 11. The molecular formula is C28H31N3O5S. The molecule has 0 saturated carbocycles. The maximum absolute atomic E-state index is 12.0. The number of aromatic nitrogens is 1. The standard InChI is InChI=1S/C28H31N3O5S/c1-19(29-17-27(32)22-6-4-3-5-7-22)14-21-10-13-25-23(15-21)16-26(28(33)34)31(25)18-20-8-11-24(12-9-20)30-37(2,35)36/h3-13,15-16,19,27,29-30,32H,14,17-18H2,1-2H3,(H,33,34). The SMILES string of the molecule is CC(Cc1ccc2c(c1)cc(C(=O)O)n2Cc1ccc(NS(C)(=O)=O)cc1)NCC(O)c1ccccc1. The van der Waals surface area contributed by atoms with Gasteiger partial charge in [-0.1, -0.05) is 48.5 Å². The molecule has 0 amide bonds. The molecular weight excluding hydrogens is 490 g/mol. The van der Waals surface area contributed by atoms with E-state index in [0.29, 0.717) is 18.8 Å². The average Bonchev–Trinajstić information content (AvgIpc) is 3.21. The number of aromatic carboxylic acids is 1. The summed E-state index contributed by atoms with van der Waals surface area (Å²) in [5.74, 6) is -1.02. The van der Waals surface area contributed by atoms with E-state index in [1.54, 1.807) is 34.9 Å². The molecule has 0 spiro atoms. The lowest BCUT2D eigenvalue weighted by atomic mass is 10.0. The maximum atomic E-state index is 12.0. The topological polar surface area (TPSA) is 121 Å². The van der Waals surface area contributed by atoms with Crippen LogP contribution in [0.2, 0.25) is 0 Å². The number of carboxylic acid groups (broad SMARTS) is 1.